The molecular weight excluding hydrogens is 320 g/mol. The zero-order chi connectivity index (χ0) is 14.3. The van der Waals surface area contributed by atoms with Crippen LogP contribution >= 0.6 is 15.9 Å². The molecule has 4 nitrogen and oxygen atoms in total. The molecule has 1 atom stereocenters. The van der Waals surface area contributed by atoms with Crippen LogP contribution in [0.15, 0.2) is 45.4 Å². The van der Waals surface area contributed by atoms with Crippen LogP contribution < -0.4 is 0 Å². The highest BCUT2D eigenvalue weighted by atomic mass is 79.9. The average Bonchev–Trinajstić information content (AvgIpc) is 3.01. The molecule has 0 aliphatic carbocycles. The molecular formula is C15H15BrN2O2. The number of hydrogen-bond acceptors (Lipinski definition) is 3. The molecule has 2 heterocycles. The summed E-state index contributed by atoms with van der Waals surface area (Å²) in [4.78, 5) is 0. The van der Waals surface area contributed by atoms with Gasteiger partial charge in [-0.05, 0) is 41.9 Å². The van der Waals surface area contributed by atoms with E-state index in [4.69, 9.17) is 4.42 Å². The summed E-state index contributed by atoms with van der Waals surface area (Å²) in [7, 11) is 0. The van der Waals surface area contributed by atoms with Gasteiger partial charge in [-0.3, -0.25) is 4.68 Å². The first-order valence-electron chi connectivity index (χ1n) is 6.47. The second-order valence-electron chi connectivity index (χ2n) is 5.01. The van der Waals surface area contributed by atoms with Crippen molar-refractivity contribution in [2.24, 2.45) is 0 Å². The predicted octanol–water partition coefficient (Wildman–Crippen LogP) is 4.05. The molecule has 20 heavy (non-hydrogen) atoms. The molecule has 0 radical (unpaired) electrons. The van der Waals surface area contributed by atoms with Crippen molar-refractivity contribution in [2.45, 2.75) is 26.0 Å². The van der Waals surface area contributed by atoms with Crippen LogP contribution in [0, 0.1) is 0 Å². The second-order valence-corrected chi connectivity index (χ2v) is 5.86. The average molecular weight is 335 g/mol. The molecule has 1 aromatic carbocycles. The highest BCUT2D eigenvalue weighted by Crippen LogP contribution is 2.33. The van der Waals surface area contributed by atoms with Crippen LogP contribution in [0.2, 0.25) is 0 Å². The van der Waals surface area contributed by atoms with Gasteiger partial charge >= 0.3 is 0 Å². The van der Waals surface area contributed by atoms with E-state index in [9.17, 15) is 5.11 Å². The fourth-order valence-corrected chi connectivity index (χ4v) is 2.78. The van der Waals surface area contributed by atoms with E-state index in [1.54, 1.807) is 10.9 Å². The Bertz CT molecular complexity index is 712. The number of benzene rings is 1. The number of rotatable bonds is 3. The maximum atomic E-state index is 10.6. The third-order valence-electron chi connectivity index (χ3n) is 3.25. The Morgan fingerprint density at radius 1 is 1.30 bits per heavy atom. The van der Waals surface area contributed by atoms with E-state index in [0.29, 0.717) is 11.5 Å². The van der Waals surface area contributed by atoms with Crippen LogP contribution in [0.5, 0.6) is 0 Å². The van der Waals surface area contributed by atoms with Crippen molar-refractivity contribution in [3.63, 3.8) is 0 Å². The van der Waals surface area contributed by atoms with Crippen molar-refractivity contribution in [3.05, 3.63) is 52.5 Å². The lowest BCUT2D eigenvalue weighted by Gasteiger charge is -2.15. The molecule has 0 aliphatic rings. The minimum absolute atomic E-state index is 0.162. The summed E-state index contributed by atoms with van der Waals surface area (Å²) in [6.07, 6.45) is 0.850. The van der Waals surface area contributed by atoms with Gasteiger partial charge in [-0.1, -0.05) is 18.2 Å². The summed E-state index contributed by atoms with van der Waals surface area (Å²) in [5.41, 5.74) is 1.48. The summed E-state index contributed by atoms with van der Waals surface area (Å²) in [5, 5.41) is 15.9. The van der Waals surface area contributed by atoms with Gasteiger partial charge in [0.15, 0.2) is 6.10 Å². The molecule has 0 saturated carbocycles. The quantitative estimate of drug-likeness (QED) is 0.785. The largest absolute Gasteiger partial charge is 0.458 e. The minimum atomic E-state index is -0.846. The van der Waals surface area contributed by atoms with Crippen LogP contribution in [-0.4, -0.2) is 14.9 Å². The fraction of sp³-hybridized carbons (Fsp3) is 0.267. The first-order valence-corrected chi connectivity index (χ1v) is 7.26. The van der Waals surface area contributed by atoms with Crippen molar-refractivity contribution in [1.82, 2.24) is 9.78 Å². The monoisotopic (exact) mass is 334 g/mol. The lowest BCUT2D eigenvalue weighted by molar-refractivity contribution is 0.178. The van der Waals surface area contributed by atoms with Crippen LogP contribution in [0.4, 0.5) is 0 Å². The summed E-state index contributed by atoms with van der Waals surface area (Å²) in [5.74, 6) is 0.523. The standard InChI is InChI=1S/C15H15BrN2O2/c1-9(2)18-14(11(16)8-17-18)15(19)13-7-10-5-3-4-6-12(10)20-13/h3-9,15,19H,1-2H3. The van der Waals surface area contributed by atoms with Crippen molar-refractivity contribution in [3.8, 4) is 0 Å². The first kappa shape index (κ1) is 13.4. The van der Waals surface area contributed by atoms with Crippen LogP contribution in [0.25, 0.3) is 11.0 Å². The van der Waals surface area contributed by atoms with E-state index in [1.807, 2.05) is 44.2 Å². The number of fused-ring (bicyclic) bond motifs is 1. The summed E-state index contributed by atoms with van der Waals surface area (Å²) in [6, 6.07) is 9.74. The molecule has 3 rings (SSSR count). The van der Waals surface area contributed by atoms with Crippen molar-refractivity contribution in [1.29, 1.82) is 0 Å². The Hall–Kier alpha value is -1.59. The number of aromatic nitrogens is 2. The van der Waals surface area contributed by atoms with Crippen molar-refractivity contribution < 1.29 is 9.52 Å². The van der Waals surface area contributed by atoms with E-state index in [2.05, 4.69) is 21.0 Å². The molecule has 3 aromatic rings. The zero-order valence-electron chi connectivity index (χ0n) is 11.2. The second kappa shape index (κ2) is 5.07. The van der Waals surface area contributed by atoms with Gasteiger partial charge in [-0.2, -0.15) is 5.10 Å². The van der Waals surface area contributed by atoms with Crippen LogP contribution in [0.1, 0.15) is 37.4 Å². The number of aliphatic hydroxyl groups is 1. The van der Waals surface area contributed by atoms with E-state index in [-0.39, 0.29) is 6.04 Å². The smallest absolute Gasteiger partial charge is 0.154 e. The molecule has 2 aromatic heterocycles. The molecule has 5 heteroatoms. The van der Waals surface area contributed by atoms with Gasteiger partial charge in [0.25, 0.3) is 0 Å². The number of halogens is 1. The molecule has 0 aliphatic heterocycles. The maximum absolute atomic E-state index is 10.6. The molecule has 0 fully saturated rings. The van der Waals surface area contributed by atoms with E-state index >= 15 is 0 Å². The first-order chi connectivity index (χ1) is 9.58. The number of furan rings is 1. The topological polar surface area (TPSA) is 51.2 Å². The predicted molar refractivity (Wildman–Crippen MR) is 80.6 cm³/mol. The Morgan fingerprint density at radius 2 is 2.05 bits per heavy atom. The molecule has 0 bridgehead atoms. The van der Waals surface area contributed by atoms with Gasteiger partial charge in [0.2, 0.25) is 0 Å². The van der Waals surface area contributed by atoms with Gasteiger partial charge in [-0.15, -0.1) is 0 Å². The highest BCUT2D eigenvalue weighted by Gasteiger charge is 2.23. The van der Waals surface area contributed by atoms with Gasteiger partial charge in [-0.25, -0.2) is 0 Å². The maximum Gasteiger partial charge on any atom is 0.154 e. The summed E-state index contributed by atoms with van der Waals surface area (Å²) >= 11 is 3.44. The Morgan fingerprint density at radius 3 is 2.75 bits per heavy atom. The zero-order valence-corrected chi connectivity index (χ0v) is 12.8. The van der Waals surface area contributed by atoms with E-state index < -0.39 is 6.10 Å². The van der Waals surface area contributed by atoms with Gasteiger partial charge in [0, 0.05) is 11.4 Å². The van der Waals surface area contributed by atoms with Gasteiger partial charge in [0.1, 0.15) is 11.3 Å². The molecule has 104 valence electrons. The van der Waals surface area contributed by atoms with Gasteiger partial charge in [0.05, 0.1) is 16.4 Å². The number of para-hydroxylation sites is 1. The highest BCUT2D eigenvalue weighted by molar-refractivity contribution is 9.10. The normalized spacial score (nSPS) is 13.2. The number of nitrogens with zero attached hydrogens (tertiary/aromatic N) is 2. The lowest BCUT2D eigenvalue weighted by atomic mass is 10.1. The Kier molecular flexibility index (Phi) is 3.40. The summed E-state index contributed by atoms with van der Waals surface area (Å²) in [6.45, 7) is 4.04. The van der Waals surface area contributed by atoms with Crippen LogP contribution in [-0.2, 0) is 0 Å². The van der Waals surface area contributed by atoms with E-state index in [0.717, 1.165) is 15.4 Å². The van der Waals surface area contributed by atoms with Crippen molar-refractivity contribution in [2.75, 3.05) is 0 Å². The molecule has 0 saturated heterocycles. The Balaban J connectivity index is 2.08. The lowest BCUT2D eigenvalue weighted by Crippen LogP contribution is -2.12. The SMILES string of the molecule is CC(C)n1ncc(Br)c1C(O)c1cc2ccccc2o1. The molecule has 0 amide bonds. The number of aliphatic hydroxyl groups excluding tert-OH is 1. The Labute approximate surface area is 125 Å². The van der Waals surface area contributed by atoms with Crippen molar-refractivity contribution >= 4 is 26.9 Å². The van der Waals surface area contributed by atoms with Gasteiger partial charge < -0.3 is 9.52 Å². The molecule has 1 unspecified atom stereocenters. The fourth-order valence-electron chi connectivity index (χ4n) is 2.29. The van der Waals surface area contributed by atoms with E-state index in [1.165, 1.54) is 0 Å². The third-order valence-corrected chi connectivity index (χ3v) is 3.86. The third kappa shape index (κ3) is 2.17. The molecule has 1 N–H and O–H groups in total. The molecule has 0 spiro atoms. The van der Waals surface area contributed by atoms with Crippen LogP contribution in [0.3, 0.4) is 0 Å². The minimum Gasteiger partial charge on any atom is -0.458 e. The number of hydrogen-bond donors (Lipinski definition) is 1. The summed E-state index contributed by atoms with van der Waals surface area (Å²) < 4.78 is 8.30.